The van der Waals surface area contributed by atoms with Crippen molar-refractivity contribution in [1.82, 2.24) is 14.5 Å². The Morgan fingerprint density at radius 3 is 2.62 bits per heavy atom. The van der Waals surface area contributed by atoms with Crippen LogP contribution < -0.4 is 0 Å². The molecule has 3 heterocycles. The maximum atomic E-state index is 10.4. The van der Waals surface area contributed by atoms with Gasteiger partial charge >= 0.3 is 0 Å². The van der Waals surface area contributed by atoms with E-state index in [4.69, 9.17) is 4.74 Å². The smallest absolute Gasteiger partial charge is 0.164 e. The van der Waals surface area contributed by atoms with E-state index in [2.05, 4.69) is 9.97 Å². The van der Waals surface area contributed by atoms with Gasteiger partial charge in [-0.25, -0.2) is 9.97 Å². The van der Waals surface area contributed by atoms with Gasteiger partial charge in [0.15, 0.2) is 6.23 Å². The van der Waals surface area contributed by atoms with E-state index in [1.165, 1.54) is 6.33 Å². The number of hydrogen-bond acceptors (Lipinski definition) is 6. The lowest BCUT2D eigenvalue weighted by Gasteiger charge is -2.24. The fourth-order valence-electron chi connectivity index (χ4n) is 3.44. The summed E-state index contributed by atoms with van der Waals surface area (Å²) in [5.41, 5.74) is 1.41. The zero-order valence-corrected chi connectivity index (χ0v) is 14.4. The summed E-state index contributed by atoms with van der Waals surface area (Å²) in [5.74, 6) is 0. The molecule has 0 spiro atoms. The molecule has 0 saturated carbocycles. The predicted molar refractivity (Wildman–Crippen MR) is 94.4 cm³/mol. The van der Waals surface area contributed by atoms with E-state index in [0.717, 1.165) is 16.6 Å². The van der Waals surface area contributed by atoms with Crippen LogP contribution in [0.5, 0.6) is 0 Å². The maximum Gasteiger partial charge on any atom is 0.164 e. The van der Waals surface area contributed by atoms with Crippen molar-refractivity contribution in [3.05, 3.63) is 60.2 Å². The minimum Gasteiger partial charge on any atom is -0.393 e. The summed E-state index contributed by atoms with van der Waals surface area (Å²) in [6, 6.07) is 11.9. The Balaban J connectivity index is 1.71. The van der Waals surface area contributed by atoms with Crippen LogP contribution in [-0.2, 0) is 11.2 Å². The Morgan fingerprint density at radius 1 is 1.15 bits per heavy atom. The third-order valence-corrected chi connectivity index (χ3v) is 5.03. The topological polar surface area (TPSA) is 101 Å². The van der Waals surface area contributed by atoms with Crippen molar-refractivity contribution in [2.75, 3.05) is 6.61 Å². The average molecular weight is 355 g/mol. The highest BCUT2D eigenvalue weighted by molar-refractivity contribution is 5.79. The molecule has 136 valence electrons. The molecular formula is C19H21N3O4. The second-order valence-corrected chi connectivity index (χ2v) is 6.86. The monoisotopic (exact) mass is 355 g/mol. The van der Waals surface area contributed by atoms with Crippen LogP contribution in [0, 0.1) is 0 Å². The van der Waals surface area contributed by atoms with Crippen molar-refractivity contribution >= 4 is 11.0 Å². The van der Waals surface area contributed by atoms with E-state index >= 15 is 0 Å². The van der Waals surface area contributed by atoms with Gasteiger partial charge in [0.1, 0.15) is 29.8 Å². The fourth-order valence-corrected chi connectivity index (χ4v) is 3.44. The van der Waals surface area contributed by atoms with Crippen molar-refractivity contribution in [3.63, 3.8) is 0 Å². The third kappa shape index (κ3) is 2.69. The molecule has 0 radical (unpaired) electrons. The number of aliphatic hydroxyl groups excluding tert-OH is 3. The molecule has 0 bridgehead atoms. The van der Waals surface area contributed by atoms with Crippen LogP contribution >= 0.6 is 0 Å². The minimum atomic E-state index is -1.22. The third-order valence-electron chi connectivity index (χ3n) is 5.03. The highest BCUT2D eigenvalue weighted by Gasteiger charge is 2.51. The number of fused-ring (bicyclic) bond motifs is 1. The molecule has 1 aliphatic rings. The van der Waals surface area contributed by atoms with Gasteiger partial charge in [-0.3, -0.25) is 0 Å². The molecule has 4 atom stereocenters. The van der Waals surface area contributed by atoms with Gasteiger partial charge in [-0.1, -0.05) is 30.3 Å². The van der Waals surface area contributed by atoms with E-state index in [1.807, 2.05) is 36.4 Å². The molecule has 1 saturated heterocycles. The number of aliphatic hydroxyl groups is 3. The summed E-state index contributed by atoms with van der Waals surface area (Å²) >= 11 is 0. The summed E-state index contributed by atoms with van der Waals surface area (Å²) in [6.45, 7) is 1.18. The van der Waals surface area contributed by atoms with Crippen LogP contribution in [-0.4, -0.2) is 54.3 Å². The standard InChI is InChI=1S/C19H21N3O4/c1-19(10-23)16(25)15(24)18(26-19)22-8-7-13-14(20-11-21-17(13)22)9-12-5-3-2-4-6-12/h2-8,11,15-16,18,23-25H,9-10H2,1H3/t15-,16+,18-,19?/m1/s1. The van der Waals surface area contributed by atoms with Crippen molar-refractivity contribution < 1.29 is 20.1 Å². The van der Waals surface area contributed by atoms with Gasteiger partial charge < -0.3 is 24.6 Å². The summed E-state index contributed by atoms with van der Waals surface area (Å²) < 4.78 is 7.47. The second kappa shape index (κ2) is 6.44. The zero-order chi connectivity index (χ0) is 18.3. The lowest BCUT2D eigenvalue weighted by Crippen LogP contribution is -2.43. The van der Waals surface area contributed by atoms with Gasteiger partial charge in [0.2, 0.25) is 0 Å². The first-order valence-corrected chi connectivity index (χ1v) is 8.52. The highest BCUT2D eigenvalue weighted by atomic mass is 16.6. The first-order valence-electron chi connectivity index (χ1n) is 8.52. The summed E-state index contributed by atoms with van der Waals surface area (Å²) in [7, 11) is 0. The lowest BCUT2D eigenvalue weighted by molar-refractivity contribution is -0.115. The zero-order valence-electron chi connectivity index (χ0n) is 14.4. The van der Waals surface area contributed by atoms with Gasteiger partial charge in [0.05, 0.1) is 12.3 Å². The van der Waals surface area contributed by atoms with Crippen LogP contribution in [0.1, 0.15) is 24.4 Å². The summed E-state index contributed by atoms with van der Waals surface area (Å²) in [6.07, 6.45) is 0.710. The Hall–Kier alpha value is -2.32. The molecule has 0 amide bonds. The van der Waals surface area contributed by atoms with E-state index < -0.39 is 30.6 Å². The van der Waals surface area contributed by atoms with Crippen LogP contribution in [0.3, 0.4) is 0 Å². The molecule has 1 fully saturated rings. The molecule has 0 aliphatic carbocycles. The number of nitrogens with zero attached hydrogens (tertiary/aromatic N) is 3. The summed E-state index contributed by atoms with van der Waals surface area (Å²) in [4.78, 5) is 8.74. The molecule has 7 nitrogen and oxygen atoms in total. The van der Waals surface area contributed by atoms with Crippen molar-refractivity contribution in [2.45, 2.75) is 37.4 Å². The maximum absolute atomic E-state index is 10.4. The molecule has 2 aromatic heterocycles. The van der Waals surface area contributed by atoms with E-state index in [-0.39, 0.29) is 0 Å². The van der Waals surface area contributed by atoms with Crippen LogP contribution in [0.15, 0.2) is 48.9 Å². The van der Waals surface area contributed by atoms with E-state index in [9.17, 15) is 15.3 Å². The van der Waals surface area contributed by atoms with Crippen LogP contribution in [0.2, 0.25) is 0 Å². The molecular weight excluding hydrogens is 334 g/mol. The lowest BCUT2D eigenvalue weighted by atomic mass is 9.99. The van der Waals surface area contributed by atoms with Gasteiger partial charge in [0, 0.05) is 18.0 Å². The van der Waals surface area contributed by atoms with Gasteiger partial charge in [-0.15, -0.1) is 0 Å². The molecule has 3 aromatic rings. The number of aromatic nitrogens is 3. The van der Waals surface area contributed by atoms with Crippen molar-refractivity contribution in [1.29, 1.82) is 0 Å². The highest BCUT2D eigenvalue weighted by Crippen LogP contribution is 2.38. The summed E-state index contributed by atoms with van der Waals surface area (Å²) in [5, 5.41) is 31.0. The second-order valence-electron chi connectivity index (χ2n) is 6.86. The normalized spacial score (nSPS) is 28.7. The molecule has 3 N–H and O–H groups in total. The SMILES string of the molecule is CC1(CO)O[C@@H](n2ccc3c(Cc4ccccc4)ncnc32)[C@H](O)[C@@H]1O. The Kier molecular flexibility index (Phi) is 4.24. The molecule has 4 rings (SSSR count). The first kappa shape index (κ1) is 17.1. The van der Waals surface area contributed by atoms with Gasteiger partial charge in [-0.05, 0) is 18.6 Å². The molecule has 1 unspecified atom stereocenters. The molecule has 7 heteroatoms. The quantitative estimate of drug-likeness (QED) is 0.646. The molecule has 1 aromatic carbocycles. The number of hydrogen-bond donors (Lipinski definition) is 3. The number of ether oxygens (including phenoxy) is 1. The van der Waals surface area contributed by atoms with Crippen LogP contribution in [0.25, 0.3) is 11.0 Å². The van der Waals surface area contributed by atoms with E-state index in [0.29, 0.717) is 12.1 Å². The van der Waals surface area contributed by atoms with Gasteiger partial charge in [0.25, 0.3) is 0 Å². The molecule has 1 aliphatic heterocycles. The Bertz CT molecular complexity index is 914. The fraction of sp³-hybridized carbons (Fsp3) is 0.368. The number of benzene rings is 1. The number of rotatable bonds is 4. The largest absolute Gasteiger partial charge is 0.393 e. The van der Waals surface area contributed by atoms with Crippen molar-refractivity contribution in [3.8, 4) is 0 Å². The average Bonchev–Trinajstić information content (AvgIpc) is 3.19. The Labute approximate surface area is 150 Å². The minimum absolute atomic E-state index is 0.394. The van der Waals surface area contributed by atoms with Crippen LogP contribution in [0.4, 0.5) is 0 Å². The van der Waals surface area contributed by atoms with Crippen molar-refractivity contribution in [2.24, 2.45) is 0 Å². The predicted octanol–water partition coefficient (Wildman–Crippen LogP) is 1.02. The Morgan fingerprint density at radius 2 is 1.92 bits per heavy atom. The van der Waals surface area contributed by atoms with E-state index in [1.54, 1.807) is 17.7 Å². The van der Waals surface area contributed by atoms with Gasteiger partial charge in [-0.2, -0.15) is 0 Å². The molecule has 26 heavy (non-hydrogen) atoms. The first-order chi connectivity index (χ1) is 12.5.